The lowest BCUT2D eigenvalue weighted by molar-refractivity contribution is -0.385. The molecule has 3 nitrogen and oxygen atoms in total. The van der Waals surface area contributed by atoms with Crippen LogP contribution in [-0.2, 0) is 0 Å². The number of hydrogen-bond donors (Lipinski definition) is 0. The standard InChI is InChI=1S/C9H6INO2/c1-7-2-3-8(4-5-10)9(6-7)11(12)13/h2-3,6H,1H3. The summed E-state index contributed by atoms with van der Waals surface area (Å²) in [6, 6.07) is 5.00. The van der Waals surface area contributed by atoms with Crippen molar-refractivity contribution in [1.29, 1.82) is 0 Å². The molecule has 0 spiro atoms. The van der Waals surface area contributed by atoms with Crippen molar-refractivity contribution in [3.8, 4) is 9.85 Å². The molecule has 0 amide bonds. The van der Waals surface area contributed by atoms with Crippen molar-refractivity contribution in [2.75, 3.05) is 0 Å². The summed E-state index contributed by atoms with van der Waals surface area (Å²) in [6.07, 6.45) is 0. The SMILES string of the molecule is Cc1ccc(C#CI)c([N+](=O)[O-])c1. The monoisotopic (exact) mass is 287 g/mol. The molecule has 0 aliphatic rings. The van der Waals surface area contributed by atoms with Crippen LogP contribution in [0, 0.1) is 26.9 Å². The number of benzene rings is 1. The van der Waals surface area contributed by atoms with Crippen molar-refractivity contribution >= 4 is 28.3 Å². The van der Waals surface area contributed by atoms with Gasteiger partial charge in [0.05, 0.1) is 4.92 Å². The number of halogens is 1. The molecule has 1 aromatic rings. The first-order chi connectivity index (χ1) is 6.15. The predicted molar refractivity (Wildman–Crippen MR) is 58.7 cm³/mol. The number of rotatable bonds is 1. The first-order valence-corrected chi connectivity index (χ1v) is 4.59. The maximum atomic E-state index is 10.6. The highest BCUT2D eigenvalue weighted by Crippen LogP contribution is 2.18. The van der Waals surface area contributed by atoms with Crippen LogP contribution in [0.4, 0.5) is 5.69 Å². The summed E-state index contributed by atoms with van der Waals surface area (Å²) < 4.78 is 2.61. The summed E-state index contributed by atoms with van der Waals surface area (Å²) in [5.74, 6) is 2.68. The molecule has 0 aliphatic heterocycles. The zero-order valence-corrected chi connectivity index (χ0v) is 9.03. The molecule has 0 fully saturated rings. The molecule has 1 rings (SSSR count). The van der Waals surface area contributed by atoms with Gasteiger partial charge in [-0.3, -0.25) is 10.1 Å². The molecular weight excluding hydrogens is 281 g/mol. The minimum atomic E-state index is -0.413. The van der Waals surface area contributed by atoms with E-state index in [1.807, 2.05) is 35.6 Å². The third kappa shape index (κ3) is 2.42. The molecule has 0 bridgehead atoms. The third-order valence-corrected chi connectivity index (χ3v) is 1.80. The maximum absolute atomic E-state index is 10.6. The van der Waals surface area contributed by atoms with E-state index in [4.69, 9.17) is 0 Å². The molecule has 0 saturated heterocycles. The zero-order valence-electron chi connectivity index (χ0n) is 6.87. The van der Waals surface area contributed by atoms with E-state index in [-0.39, 0.29) is 5.69 Å². The lowest BCUT2D eigenvalue weighted by Gasteiger charge is -1.96. The first kappa shape index (κ1) is 9.99. The number of hydrogen-bond acceptors (Lipinski definition) is 2. The van der Waals surface area contributed by atoms with E-state index in [1.54, 1.807) is 6.07 Å². The summed E-state index contributed by atoms with van der Waals surface area (Å²) >= 11 is 1.86. The molecule has 0 unspecified atom stereocenters. The van der Waals surface area contributed by atoms with Crippen molar-refractivity contribution in [2.24, 2.45) is 0 Å². The number of nitrogens with zero attached hydrogens (tertiary/aromatic N) is 1. The summed E-state index contributed by atoms with van der Waals surface area (Å²) in [4.78, 5) is 10.2. The summed E-state index contributed by atoms with van der Waals surface area (Å²) in [5.41, 5.74) is 1.40. The second-order valence-corrected chi connectivity index (χ2v) is 3.04. The minimum absolute atomic E-state index is 0.0733. The van der Waals surface area contributed by atoms with Gasteiger partial charge >= 0.3 is 0 Å². The van der Waals surface area contributed by atoms with Gasteiger partial charge < -0.3 is 0 Å². The van der Waals surface area contributed by atoms with Gasteiger partial charge in [-0.2, -0.15) is 0 Å². The molecule has 0 heterocycles. The molecule has 0 saturated carbocycles. The topological polar surface area (TPSA) is 43.1 Å². The lowest BCUT2D eigenvalue weighted by atomic mass is 10.1. The Kier molecular flexibility index (Phi) is 3.25. The summed E-state index contributed by atoms with van der Waals surface area (Å²) in [7, 11) is 0. The van der Waals surface area contributed by atoms with Crippen LogP contribution in [0.3, 0.4) is 0 Å². The van der Waals surface area contributed by atoms with Gasteiger partial charge in [0.15, 0.2) is 0 Å². The molecule has 13 heavy (non-hydrogen) atoms. The van der Waals surface area contributed by atoms with E-state index >= 15 is 0 Å². The highest BCUT2D eigenvalue weighted by Gasteiger charge is 2.11. The Balaban J connectivity index is 3.32. The molecule has 66 valence electrons. The highest BCUT2D eigenvalue weighted by atomic mass is 127. The van der Waals surface area contributed by atoms with E-state index in [2.05, 4.69) is 9.85 Å². The summed E-state index contributed by atoms with van der Waals surface area (Å²) in [6.45, 7) is 1.81. The zero-order chi connectivity index (χ0) is 9.84. The van der Waals surface area contributed by atoms with Gasteiger partial charge in [0.2, 0.25) is 0 Å². The Labute approximate surface area is 89.4 Å². The number of nitro benzene ring substituents is 1. The van der Waals surface area contributed by atoms with Crippen molar-refractivity contribution < 1.29 is 4.92 Å². The van der Waals surface area contributed by atoms with Crippen LogP contribution in [0.2, 0.25) is 0 Å². The van der Waals surface area contributed by atoms with Gasteiger partial charge in [-0.25, -0.2) is 0 Å². The van der Waals surface area contributed by atoms with Gasteiger partial charge in [-0.05, 0) is 28.4 Å². The van der Waals surface area contributed by atoms with E-state index in [9.17, 15) is 10.1 Å². The van der Waals surface area contributed by atoms with Crippen LogP contribution < -0.4 is 0 Å². The van der Waals surface area contributed by atoms with Crippen LogP contribution >= 0.6 is 22.6 Å². The molecule has 0 aromatic heterocycles. The van der Waals surface area contributed by atoms with Crippen LogP contribution in [0.1, 0.15) is 11.1 Å². The molecule has 4 heteroatoms. The normalized spacial score (nSPS) is 8.77. The van der Waals surface area contributed by atoms with E-state index in [0.717, 1.165) is 5.56 Å². The van der Waals surface area contributed by atoms with Gasteiger partial charge in [0.1, 0.15) is 5.56 Å². The van der Waals surface area contributed by atoms with E-state index in [0.29, 0.717) is 5.56 Å². The van der Waals surface area contributed by atoms with Crippen molar-refractivity contribution in [3.05, 3.63) is 39.4 Å². The van der Waals surface area contributed by atoms with Crippen molar-refractivity contribution in [1.82, 2.24) is 0 Å². The van der Waals surface area contributed by atoms with E-state index in [1.165, 1.54) is 6.07 Å². The molecule has 0 radical (unpaired) electrons. The quantitative estimate of drug-likeness (QED) is 0.345. The van der Waals surface area contributed by atoms with Gasteiger partial charge in [-0.1, -0.05) is 6.07 Å². The molecule has 0 atom stereocenters. The van der Waals surface area contributed by atoms with Crippen LogP contribution in [0.15, 0.2) is 18.2 Å². The van der Waals surface area contributed by atoms with E-state index < -0.39 is 4.92 Å². The Bertz CT molecular complexity index is 404. The molecule has 0 aliphatic carbocycles. The Morgan fingerprint density at radius 3 is 2.77 bits per heavy atom. The van der Waals surface area contributed by atoms with Crippen molar-refractivity contribution in [2.45, 2.75) is 6.92 Å². The predicted octanol–water partition coefficient (Wildman–Crippen LogP) is 2.65. The number of nitro groups is 1. The highest BCUT2D eigenvalue weighted by molar-refractivity contribution is 14.1. The second kappa shape index (κ2) is 4.23. The average molecular weight is 287 g/mol. The van der Waals surface area contributed by atoms with Gasteiger partial charge in [0, 0.05) is 28.7 Å². The lowest BCUT2D eigenvalue weighted by Crippen LogP contribution is -1.92. The van der Waals surface area contributed by atoms with Crippen LogP contribution in [-0.4, -0.2) is 4.92 Å². The maximum Gasteiger partial charge on any atom is 0.285 e. The first-order valence-electron chi connectivity index (χ1n) is 3.52. The number of aryl methyl sites for hydroxylation is 1. The molecular formula is C9H6INO2. The van der Waals surface area contributed by atoms with Crippen LogP contribution in [0.25, 0.3) is 0 Å². The second-order valence-electron chi connectivity index (χ2n) is 2.50. The fraction of sp³-hybridized carbons (Fsp3) is 0.111. The molecule has 0 N–H and O–H groups in total. The molecule has 1 aromatic carbocycles. The van der Waals surface area contributed by atoms with Crippen LogP contribution in [0.5, 0.6) is 0 Å². The Hall–Kier alpha value is -1.09. The Morgan fingerprint density at radius 1 is 1.54 bits per heavy atom. The largest absolute Gasteiger partial charge is 0.285 e. The minimum Gasteiger partial charge on any atom is -0.258 e. The Morgan fingerprint density at radius 2 is 2.23 bits per heavy atom. The fourth-order valence-corrected chi connectivity index (χ4v) is 1.24. The third-order valence-electron chi connectivity index (χ3n) is 1.53. The van der Waals surface area contributed by atoms with Gasteiger partial charge in [0.25, 0.3) is 5.69 Å². The van der Waals surface area contributed by atoms with Gasteiger partial charge in [-0.15, -0.1) is 0 Å². The average Bonchev–Trinajstić information content (AvgIpc) is 2.08. The summed E-state index contributed by atoms with van der Waals surface area (Å²) in [5, 5.41) is 10.6. The smallest absolute Gasteiger partial charge is 0.258 e. The fourth-order valence-electron chi connectivity index (χ4n) is 0.949. The van der Waals surface area contributed by atoms with Crippen molar-refractivity contribution in [3.63, 3.8) is 0 Å².